The van der Waals surface area contributed by atoms with E-state index in [2.05, 4.69) is 30.4 Å². The first-order valence-electron chi connectivity index (χ1n) is 4.43. The molecule has 0 saturated heterocycles. The quantitative estimate of drug-likeness (QED) is 0.621. The molecular weight excluding hydrogens is 182 g/mol. The summed E-state index contributed by atoms with van der Waals surface area (Å²) < 4.78 is 0. The number of aromatic nitrogens is 6. The number of nitrogens with one attached hydrogen (secondary N) is 2. The number of nitrogens with two attached hydrogens (primary N) is 1. The van der Waals surface area contributed by atoms with Crippen LogP contribution in [0.5, 0.6) is 0 Å². The third-order valence-electron chi connectivity index (χ3n) is 2.18. The van der Waals surface area contributed by atoms with Crippen molar-refractivity contribution in [2.24, 2.45) is 0 Å². The molecular formula is C7H9N7. The first-order valence-corrected chi connectivity index (χ1v) is 4.43. The van der Waals surface area contributed by atoms with Gasteiger partial charge in [0.05, 0.1) is 0 Å². The lowest BCUT2D eigenvalue weighted by Crippen LogP contribution is -1.86. The van der Waals surface area contributed by atoms with E-state index in [-0.39, 0.29) is 5.95 Å². The fraction of sp³-hybridized carbons (Fsp3) is 0.429. The van der Waals surface area contributed by atoms with Crippen molar-refractivity contribution in [3.63, 3.8) is 0 Å². The van der Waals surface area contributed by atoms with Gasteiger partial charge >= 0.3 is 0 Å². The van der Waals surface area contributed by atoms with Crippen LogP contribution in [0.25, 0.3) is 11.6 Å². The van der Waals surface area contributed by atoms with Crippen molar-refractivity contribution in [2.75, 3.05) is 5.73 Å². The van der Waals surface area contributed by atoms with Crippen molar-refractivity contribution in [3.8, 4) is 11.6 Å². The van der Waals surface area contributed by atoms with E-state index in [1.54, 1.807) is 0 Å². The molecule has 7 heteroatoms. The first-order chi connectivity index (χ1) is 6.83. The topological polar surface area (TPSA) is 109 Å². The summed E-state index contributed by atoms with van der Waals surface area (Å²) in [5.74, 6) is 2.71. The lowest BCUT2D eigenvalue weighted by Gasteiger charge is -1.84. The number of anilines is 1. The fourth-order valence-electron chi connectivity index (χ4n) is 1.29. The normalized spacial score (nSPS) is 16.0. The highest BCUT2D eigenvalue weighted by molar-refractivity contribution is 5.44. The Bertz CT molecular complexity index is 452. The summed E-state index contributed by atoms with van der Waals surface area (Å²) in [7, 11) is 0. The van der Waals surface area contributed by atoms with E-state index >= 15 is 0 Å². The van der Waals surface area contributed by atoms with E-state index in [9.17, 15) is 0 Å². The molecule has 72 valence electrons. The lowest BCUT2D eigenvalue weighted by molar-refractivity contribution is 0.934. The highest BCUT2D eigenvalue weighted by Gasteiger charge is 2.27. The van der Waals surface area contributed by atoms with Gasteiger partial charge in [0.2, 0.25) is 11.8 Å². The van der Waals surface area contributed by atoms with Crippen molar-refractivity contribution in [2.45, 2.75) is 18.8 Å². The van der Waals surface area contributed by atoms with Gasteiger partial charge in [-0.15, -0.1) is 10.2 Å². The molecule has 4 N–H and O–H groups in total. The number of H-pyrrole nitrogens is 2. The molecule has 2 heterocycles. The van der Waals surface area contributed by atoms with E-state index in [1.807, 2.05) is 0 Å². The molecule has 0 spiro atoms. The third-order valence-corrected chi connectivity index (χ3v) is 2.18. The summed E-state index contributed by atoms with van der Waals surface area (Å²) in [6, 6.07) is 0. The van der Waals surface area contributed by atoms with Crippen LogP contribution in [-0.4, -0.2) is 30.4 Å². The Morgan fingerprint density at radius 3 is 2.64 bits per heavy atom. The fourth-order valence-corrected chi connectivity index (χ4v) is 1.29. The molecule has 0 atom stereocenters. The maximum absolute atomic E-state index is 5.38. The van der Waals surface area contributed by atoms with Crippen LogP contribution in [0.3, 0.4) is 0 Å². The molecule has 2 aromatic heterocycles. The molecule has 1 fully saturated rings. The van der Waals surface area contributed by atoms with Crippen LogP contribution in [0, 0.1) is 0 Å². The SMILES string of the molecule is Nc1n[nH]c(-c2n[nH]c(C3CC3)n2)n1. The van der Waals surface area contributed by atoms with Crippen molar-refractivity contribution >= 4 is 5.95 Å². The largest absolute Gasteiger partial charge is 0.366 e. The zero-order valence-electron chi connectivity index (χ0n) is 7.36. The highest BCUT2D eigenvalue weighted by Crippen LogP contribution is 2.38. The molecule has 0 amide bonds. The minimum absolute atomic E-state index is 0.206. The maximum atomic E-state index is 5.38. The second-order valence-electron chi connectivity index (χ2n) is 3.36. The monoisotopic (exact) mass is 191 g/mol. The van der Waals surface area contributed by atoms with Crippen molar-refractivity contribution in [1.82, 2.24) is 30.4 Å². The Kier molecular flexibility index (Phi) is 1.35. The van der Waals surface area contributed by atoms with Crippen molar-refractivity contribution in [1.29, 1.82) is 0 Å². The van der Waals surface area contributed by atoms with Gasteiger partial charge in [0.15, 0.2) is 5.82 Å². The molecule has 0 radical (unpaired) electrons. The van der Waals surface area contributed by atoms with Crippen LogP contribution in [0.1, 0.15) is 24.6 Å². The zero-order chi connectivity index (χ0) is 9.54. The predicted molar refractivity (Wildman–Crippen MR) is 48.1 cm³/mol. The summed E-state index contributed by atoms with van der Waals surface area (Å²) in [4.78, 5) is 8.24. The Morgan fingerprint density at radius 1 is 1.14 bits per heavy atom. The standard InChI is InChI=1S/C7H9N7/c8-7-10-6(13-14-7)5-9-4(11-12-5)3-1-2-3/h3H,1-2H2,(H,9,11,12)(H3,8,10,13,14). The number of nitrogens with zero attached hydrogens (tertiary/aromatic N) is 4. The zero-order valence-corrected chi connectivity index (χ0v) is 7.36. The number of nitrogen functional groups attached to an aromatic ring is 1. The Balaban J connectivity index is 1.95. The number of rotatable bonds is 2. The third kappa shape index (κ3) is 1.13. The minimum Gasteiger partial charge on any atom is -0.366 e. The molecule has 3 rings (SSSR count). The Hall–Kier alpha value is -1.92. The van der Waals surface area contributed by atoms with Crippen LogP contribution < -0.4 is 5.73 Å². The molecule has 1 aliphatic carbocycles. The summed E-state index contributed by atoms with van der Waals surface area (Å²) in [5, 5.41) is 13.3. The van der Waals surface area contributed by atoms with Crippen LogP contribution in [0.2, 0.25) is 0 Å². The van der Waals surface area contributed by atoms with Gasteiger partial charge in [-0.1, -0.05) is 0 Å². The highest BCUT2D eigenvalue weighted by atomic mass is 15.3. The Morgan fingerprint density at radius 2 is 2.00 bits per heavy atom. The Labute approximate surface area is 79.2 Å². The number of hydrogen-bond acceptors (Lipinski definition) is 5. The van der Waals surface area contributed by atoms with Gasteiger partial charge in [-0.3, -0.25) is 10.2 Å². The van der Waals surface area contributed by atoms with E-state index < -0.39 is 0 Å². The second kappa shape index (κ2) is 2.53. The summed E-state index contributed by atoms with van der Waals surface area (Å²) in [6.07, 6.45) is 2.38. The average Bonchev–Trinajstić information content (AvgIpc) is 2.76. The summed E-state index contributed by atoms with van der Waals surface area (Å²) in [5.41, 5.74) is 5.38. The first kappa shape index (κ1) is 7.48. The maximum Gasteiger partial charge on any atom is 0.239 e. The number of aromatic amines is 2. The molecule has 0 bridgehead atoms. The smallest absolute Gasteiger partial charge is 0.239 e. The van der Waals surface area contributed by atoms with Crippen LogP contribution >= 0.6 is 0 Å². The number of hydrogen-bond donors (Lipinski definition) is 3. The second-order valence-corrected chi connectivity index (χ2v) is 3.36. The van der Waals surface area contributed by atoms with E-state index in [0.717, 1.165) is 5.82 Å². The van der Waals surface area contributed by atoms with Crippen molar-refractivity contribution in [3.05, 3.63) is 5.82 Å². The lowest BCUT2D eigenvalue weighted by atomic mass is 10.4. The van der Waals surface area contributed by atoms with Crippen LogP contribution in [0.4, 0.5) is 5.95 Å². The summed E-state index contributed by atoms with van der Waals surface area (Å²) >= 11 is 0. The van der Waals surface area contributed by atoms with E-state index in [4.69, 9.17) is 5.73 Å². The van der Waals surface area contributed by atoms with Crippen molar-refractivity contribution < 1.29 is 0 Å². The predicted octanol–water partition coefficient (Wildman–Crippen LogP) is 0.0494. The molecule has 0 aliphatic heterocycles. The molecule has 1 saturated carbocycles. The van der Waals surface area contributed by atoms with Gasteiger partial charge in [0, 0.05) is 5.92 Å². The molecule has 1 aliphatic rings. The van der Waals surface area contributed by atoms with E-state index in [0.29, 0.717) is 17.6 Å². The van der Waals surface area contributed by atoms with Gasteiger partial charge < -0.3 is 5.73 Å². The van der Waals surface area contributed by atoms with Crippen LogP contribution in [-0.2, 0) is 0 Å². The van der Waals surface area contributed by atoms with Crippen LogP contribution in [0.15, 0.2) is 0 Å². The summed E-state index contributed by atoms with van der Waals surface area (Å²) in [6.45, 7) is 0. The average molecular weight is 191 g/mol. The minimum atomic E-state index is 0.206. The molecule has 14 heavy (non-hydrogen) atoms. The molecule has 2 aromatic rings. The van der Waals surface area contributed by atoms with Gasteiger partial charge in [-0.2, -0.15) is 4.98 Å². The van der Waals surface area contributed by atoms with Gasteiger partial charge in [0.1, 0.15) is 5.82 Å². The van der Waals surface area contributed by atoms with E-state index in [1.165, 1.54) is 12.8 Å². The molecule has 0 unspecified atom stereocenters. The molecule has 7 nitrogen and oxygen atoms in total. The molecule has 0 aromatic carbocycles. The van der Waals surface area contributed by atoms with Gasteiger partial charge in [0.25, 0.3) is 0 Å². The van der Waals surface area contributed by atoms with Gasteiger partial charge in [-0.25, -0.2) is 4.98 Å². The van der Waals surface area contributed by atoms with Gasteiger partial charge in [-0.05, 0) is 12.8 Å².